The molecule has 0 saturated heterocycles. The van der Waals surface area contributed by atoms with Gasteiger partial charge in [0, 0.05) is 5.88 Å². The van der Waals surface area contributed by atoms with Gasteiger partial charge in [0.05, 0.1) is 5.92 Å². The van der Waals surface area contributed by atoms with Crippen LogP contribution < -0.4 is 0 Å². The molecule has 94 valence electrons. The van der Waals surface area contributed by atoms with Gasteiger partial charge in [0.2, 0.25) is 0 Å². The van der Waals surface area contributed by atoms with Crippen molar-refractivity contribution in [2.45, 2.75) is 46.5 Å². The second-order valence-electron chi connectivity index (χ2n) is 5.75. The lowest BCUT2D eigenvalue weighted by atomic mass is 9.65. The van der Waals surface area contributed by atoms with Crippen molar-refractivity contribution in [3.63, 3.8) is 0 Å². The van der Waals surface area contributed by atoms with Gasteiger partial charge < -0.3 is 5.11 Å². The van der Waals surface area contributed by atoms with E-state index >= 15 is 0 Å². The van der Waals surface area contributed by atoms with Crippen molar-refractivity contribution in [2.24, 2.45) is 23.2 Å². The molecule has 0 aromatic rings. The number of hydrogen-bond donors (Lipinski definition) is 1. The molecule has 2 nitrogen and oxygen atoms in total. The maximum atomic E-state index is 11.3. The van der Waals surface area contributed by atoms with Crippen molar-refractivity contribution in [1.82, 2.24) is 0 Å². The summed E-state index contributed by atoms with van der Waals surface area (Å²) in [5, 5.41) is 9.26. The highest BCUT2D eigenvalue weighted by Gasteiger charge is 2.39. The van der Waals surface area contributed by atoms with Crippen LogP contribution in [0.15, 0.2) is 0 Å². The average molecular weight is 247 g/mol. The molecule has 0 amide bonds. The van der Waals surface area contributed by atoms with E-state index in [1.165, 1.54) is 0 Å². The second kappa shape index (κ2) is 5.39. The fourth-order valence-electron chi connectivity index (χ4n) is 2.84. The molecule has 3 heteroatoms. The molecule has 0 bridgehead atoms. The number of alkyl halides is 1. The van der Waals surface area contributed by atoms with Crippen LogP contribution in [0, 0.1) is 23.2 Å². The SMILES string of the molecule is CCC1CCC(C(C)(C)CCl)CC1C(=O)O. The molecular weight excluding hydrogens is 224 g/mol. The van der Waals surface area contributed by atoms with E-state index in [0.717, 1.165) is 25.7 Å². The highest BCUT2D eigenvalue weighted by Crippen LogP contribution is 2.44. The van der Waals surface area contributed by atoms with Crippen molar-refractivity contribution in [2.75, 3.05) is 5.88 Å². The van der Waals surface area contributed by atoms with E-state index in [9.17, 15) is 9.90 Å². The summed E-state index contributed by atoms with van der Waals surface area (Å²) < 4.78 is 0. The topological polar surface area (TPSA) is 37.3 Å². The van der Waals surface area contributed by atoms with Crippen LogP contribution in [-0.4, -0.2) is 17.0 Å². The predicted molar refractivity (Wildman–Crippen MR) is 66.7 cm³/mol. The van der Waals surface area contributed by atoms with Crippen molar-refractivity contribution < 1.29 is 9.90 Å². The van der Waals surface area contributed by atoms with E-state index in [0.29, 0.717) is 17.7 Å². The largest absolute Gasteiger partial charge is 0.481 e. The van der Waals surface area contributed by atoms with Crippen molar-refractivity contribution >= 4 is 17.6 Å². The van der Waals surface area contributed by atoms with Gasteiger partial charge in [-0.1, -0.05) is 27.2 Å². The van der Waals surface area contributed by atoms with Crippen molar-refractivity contribution in [1.29, 1.82) is 0 Å². The molecule has 0 heterocycles. The van der Waals surface area contributed by atoms with Crippen LogP contribution in [0.2, 0.25) is 0 Å². The molecule has 3 unspecified atom stereocenters. The first kappa shape index (κ1) is 13.8. The molecular formula is C13H23ClO2. The van der Waals surface area contributed by atoms with Gasteiger partial charge in [-0.2, -0.15) is 0 Å². The Balaban J connectivity index is 2.73. The Morgan fingerprint density at radius 1 is 1.44 bits per heavy atom. The molecule has 1 rings (SSSR count). The van der Waals surface area contributed by atoms with E-state index in [2.05, 4.69) is 20.8 Å². The van der Waals surface area contributed by atoms with Gasteiger partial charge in [0.25, 0.3) is 0 Å². The lowest BCUT2D eigenvalue weighted by Gasteiger charge is -2.41. The van der Waals surface area contributed by atoms with Gasteiger partial charge in [-0.3, -0.25) is 4.79 Å². The van der Waals surface area contributed by atoms with Crippen LogP contribution in [0.25, 0.3) is 0 Å². The Morgan fingerprint density at radius 3 is 2.50 bits per heavy atom. The lowest BCUT2D eigenvalue weighted by Crippen LogP contribution is -2.37. The summed E-state index contributed by atoms with van der Waals surface area (Å²) in [4.78, 5) is 11.3. The minimum absolute atomic E-state index is 0.0635. The number of carboxylic acid groups (broad SMARTS) is 1. The monoisotopic (exact) mass is 246 g/mol. The van der Waals surface area contributed by atoms with Gasteiger partial charge in [-0.05, 0) is 36.5 Å². The molecule has 16 heavy (non-hydrogen) atoms. The zero-order chi connectivity index (χ0) is 12.3. The Hall–Kier alpha value is -0.240. The molecule has 1 fully saturated rings. The summed E-state index contributed by atoms with van der Waals surface area (Å²) in [5.74, 6) is 0.641. The van der Waals surface area contributed by atoms with Crippen molar-refractivity contribution in [3.05, 3.63) is 0 Å². The van der Waals surface area contributed by atoms with Gasteiger partial charge >= 0.3 is 5.97 Å². The van der Waals surface area contributed by atoms with Crippen LogP contribution in [0.3, 0.4) is 0 Å². The summed E-state index contributed by atoms with van der Waals surface area (Å²) in [5.41, 5.74) is 0.0635. The van der Waals surface area contributed by atoms with E-state index in [1.807, 2.05) is 0 Å². The molecule has 0 aliphatic heterocycles. The quantitative estimate of drug-likeness (QED) is 0.767. The first-order valence-electron chi connectivity index (χ1n) is 6.21. The zero-order valence-corrected chi connectivity index (χ0v) is 11.3. The molecule has 1 N–H and O–H groups in total. The van der Waals surface area contributed by atoms with Gasteiger partial charge in [-0.25, -0.2) is 0 Å². The fraction of sp³-hybridized carbons (Fsp3) is 0.923. The molecule has 0 radical (unpaired) electrons. The Bertz CT molecular complexity index is 250. The third-order valence-electron chi connectivity index (χ3n) is 4.28. The average Bonchev–Trinajstić information content (AvgIpc) is 2.28. The van der Waals surface area contributed by atoms with Crippen LogP contribution in [0.1, 0.15) is 46.5 Å². The normalized spacial score (nSPS) is 31.4. The first-order valence-corrected chi connectivity index (χ1v) is 6.74. The van der Waals surface area contributed by atoms with Crippen LogP contribution in [0.4, 0.5) is 0 Å². The van der Waals surface area contributed by atoms with Gasteiger partial charge in [0.1, 0.15) is 0 Å². The second-order valence-corrected chi connectivity index (χ2v) is 6.01. The number of carbonyl (C=O) groups is 1. The van der Waals surface area contributed by atoms with E-state index in [1.54, 1.807) is 0 Å². The summed E-state index contributed by atoms with van der Waals surface area (Å²) in [6, 6.07) is 0. The van der Waals surface area contributed by atoms with Crippen LogP contribution >= 0.6 is 11.6 Å². The Morgan fingerprint density at radius 2 is 2.06 bits per heavy atom. The maximum absolute atomic E-state index is 11.3. The Labute approximate surface area is 103 Å². The third-order valence-corrected chi connectivity index (χ3v) is 4.97. The minimum Gasteiger partial charge on any atom is -0.481 e. The zero-order valence-electron chi connectivity index (χ0n) is 10.5. The highest BCUT2D eigenvalue weighted by molar-refractivity contribution is 6.18. The van der Waals surface area contributed by atoms with E-state index < -0.39 is 5.97 Å². The molecule has 1 aliphatic rings. The number of hydrogen-bond acceptors (Lipinski definition) is 1. The molecule has 0 spiro atoms. The first-order chi connectivity index (χ1) is 7.42. The molecule has 3 atom stereocenters. The van der Waals surface area contributed by atoms with Crippen LogP contribution in [0.5, 0.6) is 0 Å². The number of rotatable bonds is 4. The molecule has 0 aromatic carbocycles. The predicted octanol–water partition coefficient (Wildman–Crippen LogP) is 3.78. The minimum atomic E-state index is -0.623. The fourth-order valence-corrected chi connectivity index (χ4v) is 3.06. The molecule has 1 aliphatic carbocycles. The van der Waals surface area contributed by atoms with Crippen LogP contribution in [-0.2, 0) is 4.79 Å². The van der Waals surface area contributed by atoms with Gasteiger partial charge in [0.15, 0.2) is 0 Å². The number of aliphatic carboxylic acids is 1. The number of halogens is 1. The smallest absolute Gasteiger partial charge is 0.306 e. The highest BCUT2D eigenvalue weighted by atomic mass is 35.5. The van der Waals surface area contributed by atoms with E-state index in [-0.39, 0.29) is 11.3 Å². The van der Waals surface area contributed by atoms with E-state index in [4.69, 9.17) is 11.6 Å². The van der Waals surface area contributed by atoms with Crippen molar-refractivity contribution in [3.8, 4) is 0 Å². The standard InChI is InChI=1S/C13H23ClO2/c1-4-9-5-6-10(13(2,3)8-14)7-11(9)12(15)16/h9-11H,4-8H2,1-3H3,(H,15,16). The summed E-state index contributed by atoms with van der Waals surface area (Å²) in [6.07, 6.45) is 3.94. The summed E-state index contributed by atoms with van der Waals surface area (Å²) in [6.45, 7) is 6.39. The third kappa shape index (κ3) is 2.91. The Kier molecular flexibility index (Phi) is 4.66. The maximum Gasteiger partial charge on any atom is 0.306 e. The summed E-state index contributed by atoms with van der Waals surface area (Å²) >= 11 is 5.98. The molecule has 1 saturated carbocycles. The molecule has 0 aromatic heterocycles. The summed E-state index contributed by atoms with van der Waals surface area (Å²) in [7, 11) is 0. The lowest BCUT2D eigenvalue weighted by molar-refractivity contribution is -0.146. The van der Waals surface area contributed by atoms with Gasteiger partial charge in [-0.15, -0.1) is 11.6 Å². The number of carboxylic acids is 1.